The molecule has 1 amide bonds. The first-order valence-corrected chi connectivity index (χ1v) is 8.95. The third kappa shape index (κ3) is 3.31. The molecule has 2 unspecified atom stereocenters. The third-order valence-electron chi connectivity index (χ3n) is 5.00. The van der Waals surface area contributed by atoms with E-state index in [2.05, 4.69) is 27.5 Å². The summed E-state index contributed by atoms with van der Waals surface area (Å²) in [4.78, 5) is 12.3. The molecule has 132 valence electrons. The van der Waals surface area contributed by atoms with Crippen molar-refractivity contribution in [1.82, 2.24) is 20.0 Å². The maximum Gasteiger partial charge on any atom is 0.251 e. The highest BCUT2D eigenvalue weighted by molar-refractivity contribution is 6.00. The molecule has 2 heterocycles. The number of aryl methyl sites for hydroxylation is 2. The lowest BCUT2D eigenvalue weighted by atomic mass is 9.85. The van der Waals surface area contributed by atoms with Crippen LogP contribution in [0, 0.1) is 5.92 Å². The topological polar surface area (TPSA) is 84.8 Å². The second kappa shape index (κ2) is 7.34. The van der Waals surface area contributed by atoms with E-state index < -0.39 is 0 Å². The molecule has 1 aliphatic rings. The Bertz CT molecular complexity index is 705. The van der Waals surface area contributed by atoms with Crippen LogP contribution in [0.15, 0.2) is 0 Å². The van der Waals surface area contributed by atoms with Crippen LogP contribution in [0.5, 0.6) is 0 Å². The number of rotatable bonds is 6. The molecule has 24 heavy (non-hydrogen) atoms. The second-order valence-electron chi connectivity index (χ2n) is 6.57. The fourth-order valence-electron chi connectivity index (χ4n) is 3.67. The summed E-state index contributed by atoms with van der Waals surface area (Å²) < 4.78 is 7.63. The Labute approximate surface area is 142 Å². The first-order chi connectivity index (χ1) is 11.6. The molecule has 3 rings (SSSR count). The normalized spacial score (nSPS) is 21.3. The van der Waals surface area contributed by atoms with Crippen molar-refractivity contribution in [2.24, 2.45) is 13.0 Å². The number of hydrogen-bond donors (Lipinski definition) is 2. The van der Waals surface area contributed by atoms with Gasteiger partial charge in [-0.15, -0.1) is 0 Å². The molecular formula is C17H27N5O2. The second-order valence-corrected chi connectivity index (χ2v) is 6.57. The van der Waals surface area contributed by atoms with Crippen LogP contribution in [-0.4, -0.2) is 38.6 Å². The lowest BCUT2D eigenvalue weighted by Gasteiger charge is -2.30. The highest BCUT2D eigenvalue weighted by atomic mass is 16.5. The lowest BCUT2D eigenvalue weighted by Crippen LogP contribution is -2.31. The first kappa shape index (κ1) is 17.0. The summed E-state index contributed by atoms with van der Waals surface area (Å²) in [6.45, 7) is 4.32. The fourth-order valence-corrected chi connectivity index (χ4v) is 3.67. The molecule has 7 nitrogen and oxygen atoms in total. The minimum Gasteiger partial charge on any atom is -0.368 e. The van der Waals surface area contributed by atoms with E-state index in [0.29, 0.717) is 11.7 Å². The lowest BCUT2D eigenvalue weighted by molar-refractivity contribution is -0.124. The van der Waals surface area contributed by atoms with Gasteiger partial charge in [-0.1, -0.05) is 33.1 Å². The van der Waals surface area contributed by atoms with Crippen LogP contribution in [0.3, 0.4) is 0 Å². The quantitative estimate of drug-likeness (QED) is 0.851. The standard InChI is InChI=1S/C17H27N5O2/c1-4-11-8-6-7-9-13(11)24-10-14(23)18-16-15-12(5-2)21-22(3)17(15)20-19-16/h11,13H,4-10H2,1-3H3,(H2,18,19,20,23). The van der Waals surface area contributed by atoms with Crippen molar-refractivity contribution in [2.75, 3.05) is 11.9 Å². The molecule has 1 fully saturated rings. The highest BCUT2D eigenvalue weighted by Gasteiger charge is 2.25. The van der Waals surface area contributed by atoms with Gasteiger partial charge in [0.1, 0.15) is 12.4 Å². The summed E-state index contributed by atoms with van der Waals surface area (Å²) >= 11 is 0. The van der Waals surface area contributed by atoms with Crippen LogP contribution in [0.4, 0.5) is 5.82 Å². The van der Waals surface area contributed by atoms with E-state index in [1.165, 1.54) is 19.3 Å². The van der Waals surface area contributed by atoms with Gasteiger partial charge in [0.05, 0.1) is 17.2 Å². The number of amides is 1. The molecule has 0 bridgehead atoms. The molecule has 2 atom stereocenters. The molecule has 0 saturated heterocycles. The van der Waals surface area contributed by atoms with E-state index in [4.69, 9.17) is 4.74 Å². The first-order valence-electron chi connectivity index (χ1n) is 8.95. The Morgan fingerprint density at radius 3 is 2.92 bits per heavy atom. The van der Waals surface area contributed by atoms with E-state index in [1.54, 1.807) is 4.68 Å². The number of nitrogens with one attached hydrogen (secondary N) is 2. The minimum atomic E-state index is -0.146. The van der Waals surface area contributed by atoms with Gasteiger partial charge in [-0.2, -0.15) is 10.2 Å². The van der Waals surface area contributed by atoms with E-state index in [0.717, 1.165) is 36.0 Å². The summed E-state index contributed by atoms with van der Waals surface area (Å²) in [6, 6.07) is 0. The molecule has 2 N–H and O–H groups in total. The Kier molecular flexibility index (Phi) is 5.18. The van der Waals surface area contributed by atoms with Gasteiger partial charge in [0.25, 0.3) is 5.91 Å². The van der Waals surface area contributed by atoms with Gasteiger partial charge in [0.2, 0.25) is 0 Å². The number of aromatic amines is 1. The molecule has 0 radical (unpaired) electrons. The number of ether oxygens (including phenoxy) is 1. The zero-order valence-corrected chi connectivity index (χ0v) is 14.8. The van der Waals surface area contributed by atoms with Crippen LogP contribution >= 0.6 is 0 Å². The zero-order valence-electron chi connectivity index (χ0n) is 14.8. The molecule has 1 saturated carbocycles. The number of anilines is 1. The van der Waals surface area contributed by atoms with Gasteiger partial charge in [-0.25, -0.2) is 4.68 Å². The fraction of sp³-hybridized carbons (Fsp3) is 0.706. The predicted octanol–water partition coefficient (Wildman–Crippen LogP) is 2.78. The molecule has 1 aliphatic carbocycles. The van der Waals surface area contributed by atoms with Gasteiger partial charge >= 0.3 is 0 Å². The number of nitrogens with zero attached hydrogens (tertiary/aromatic N) is 3. The zero-order chi connectivity index (χ0) is 17.1. The molecular weight excluding hydrogens is 306 g/mol. The number of aromatic nitrogens is 4. The SMILES string of the molecule is CCc1nn(C)c2n[nH]c(NC(=O)COC3CCCCC3CC)c12. The predicted molar refractivity (Wildman–Crippen MR) is 92.9 cm³/mol. The number of fused-ring (bicyclic) bond motifs is 1. The summed E-state index contributed by atoms with van der Waals surface area (Å²) in [6.07, 6.45) is 6.85. The summed E-state index contributed by atoms with van der Waals surface area (Å²) in [5.74, 6) is 1.04. The van der Waals surface area contributed by atoms with Crippen molar-refractivity contribution in [1.29, 1.82) is 0 Å². The molecule has 0 aliphatic heterocycles. The van der Waals surface area contributed by atoms with Crippen molar-refractivity contribution >= 4 is 22.8 Å². The largest absolute Gasteiger partial charge is 0.368 e. The number of carbonyl (C=O) groups excluding carboxylic acids is 1. The molecule has 2 aromatic heterocycles. The van der Waals surface area contributed by atoms with Gasteiger partial charge in [-0.3, -0.25) is 9.89 Å². The molecule has 7 heteroatoms. The Balaban J connectivity index is 1.63. The van der Waals surface area contributed by atoms with Crippen LogP contribution in [0.2, 0.25) is 0 Å². The van der Waals surface area contributed by atoms with Crippen molar-refractivity contribution in [3.05, 3.63) is 5.69 Å². The van der Waals surface area contributed by atoms with Crippen LogP contribution in [-0.2, 0) is 23.0 Å². The van der Waals surface area contributed by atoms with E-state index in [9.17, 15) is 4.79 Å². The smallest absolute Gasteiger partial charge is 0.251 e. The third-order valence-corrected chi connectivity index (χ3v) is 5.00. The van der Waals surface area contributed by atoms with E-state index in [1.807, 2.05) is 14.0 Å². The molecule has 0 aromatic carbocycles. The van der Waals surface area contributed by atoms with Gasteiger partial charge in [-0.05, 0) is 25.2 Å². The summed E-state index contributed by atoms with van der Waals surface area (Å²) in [5.41, 5.74) is 1.68. The number of carbonyl (C=O) groups is 1. The van der Waals surface area contributed by atoms with Crippen molar-refractivity contribution < 1.29 is 9.53 Å². The van der Waals surface area contributed by atoms with Crippen LogP contribution < -0.4 is 5.32 Å². The number of hydrogen-bond acceptors (Lipinski definition) is 4. The van der Waals surface area contributed by atoms with Crippen molar-refractivity contribution in [3.63, 3.8) is 0 Å². The van der Waals surface area contributed by atoms with E-state index in [-0.39, 0.29) is 18.6 Å². The van der Waals surface area contributed by atoms with Crippen molar-refractivity contribution in [3.8, 4) is 0 Å². The van der Waals surface area contributed by atoms with Crippen LogP contribution in [0.25, 0.3) is 11.0 Å². The highest BCUT2D eigenvalue weighted by Crippen LogP contribution is 2.29. The Morgan fingerprint density at radius 2 is 2.17 bits per heavy atom. The van der Waals surface area contributed by atoms with Gasteiger partial charge in [0.15, 0.2) is 5.65 Å². The van der Waals surface area contributed by atoms with E-state index >= 15 is 0 Å². The summed E-state index contributed by atoms with van der Waals surface area (Å²) in [7, 11) is 1.85. The maximum absolute atomic E-state index is 12.3. The van der Waals surface area contributed by atoms with Gasteiger partial charge in [0, 0.05) is 7.05 Å². The average Bonchev–Trinajstić information content (AvgIpc) is 3.15. The average molecular weight is 333 g/mol. The van der Waals surface area contributed by atoms with Crippen molar-refractivity contribution in [2.45, 2.75) is 58.5 Å². The Hall–Kier alpha value is -1.89. The number of H-pyrrole nitrogens is 1. The minimum absolute atomic E-state index is 0.0867. The molecule has 0 spiro atoms. The Morgan fingerprint density at radius 1 is 1.38 bits per heavy atom. The molecule has 2 aromatic rings. The van der Waals surface area contributed by atoms with Crippen LogP contribution in [0.1, 0.15) is 51.6 Å². The van der Waals surface area contributed by atoms with Gasteiger partial charge < -0.3 is 10.1 Å². The summed E-state index contributed by atoms with van der Waals surface area (Å²) in [5, 5.41) is 15.3. The maximum atomic E-state index is 12.3. The monoisotopic (exact) mass is 333 g/mol.